The number of fused-ring (bicyclic) bond motifs is 2. The Morgan fingerprint density at radius 2 is 1.84 bits per heavy atom. The Morgan fingerprint density at radius 1 is 1.16 bits per heavy atom. The lowest BCUT2D eigenvalue weighted by molar-refractivity contribution is -0.0106. The van der Waals surface area contributed by atoms with Crippen LogP contribution in [0.1, 0.15) is 37.7 Å². The molecule has 2 fully saturated rings. The van der Waals surface area contributed by atoms with E-state index >= 15 is 0 Å². The third-order valence-corrected chi connectivity index (χ3v) is 4.10. The van der Waals surface area contributed by atoms with Crippen LogP contribution in [0.5, 0.6) is 0 Å². The smallest absolute Gasteiger partial charge is 0.128 e. The van der Waals surface area contributed by atoms with E-state index in [1.807, 2.05) is 6.07 Å². The lowest BCUT2D eigenvalue weighted by atomic mass is 9.85. The molecule has 0 aromatic heterocycles. The molecule has 3 atom stereocenters. The molecular weight excluding hydrogens is 265 g/mol. The fourth-order valence-corrected chi connectivity index (χ4v) is 3.17. The molecule has 2 aliphatic heterocycles. The average Bonchev–Trinajstić information content (AvgIpc) is 2.37. The number of benzene rings is 1. The van der Waals surface area contributed by atoms with E-state index in [2.05, 4.69) is 5.32 Å². The Morgan fingerprint density at radius 3 is 2.53 bits per heavy atom. The average molecular weight is 286 g/mol. The first kappa shape index (κ1) is 14.8. The molecule has 2 bridgehead atoms. The highest BCUT2D eigenvalue weighted by atomic mass is 35.5. The Balaban J connectivity index is 0.00000133. The summed E-state index contributed by atoms with van der Waals surface area (Å²) in [5.41, 5.74) is 0.668. The maximum Gasteiger partial charge on any atom is 0.128 e. The molecule has 1 N–H and O–H groups in total. The van der Waals surface area contributed by atoms with Crippen molar-refractivity contribution in [2.24, 2.45) is 0 Å². The van der Waals surface area contributed by atoms with Crippen LogP contribution in [0.25, 0.3) is 0 Å². The van der Waals surface area contributed by atoms with Crippen molar-refractivity contribution < 1.29 is 9.13 Å². The highest BCUT2D eigenvalue weighted by Gasteiger charge is 2.31. The van der Waals surface area contributed by atoms with Crippen molar-refractivity contribution in [3.05, 3.63) is 35.6 Å². The van der Waals surface area contributed by atoms with Crippen molar-refractivity contribution in [1.29, 1.82) is 0 Å². The van der Waals surface area contributed by atoms with Gasteiger partial charge in [0.1, 0.15) is 5.82 Å². The number of halogens is 2. The molecule has 0 aliphatic carbocycles. The fraction of sp³-hybridized carbons (Fsp3) is 0.600. The van der Waals surface area contributed by atoms with Crippen molar-refractivity contribution in [2.75, 3.05) is 0 Å². The first-order valence-electron chi connectivity index (χ1n) is 6.92. The molecule has 2 saturated heterocycles. The van der Waals surface area contributed by atoms with E-state index in [0.29, 0.717) is 30.4 Å². The van der Waals surface area contributed by atoms with E-state index < -0.39 is 0 Å². The second kappa shape index (κ2) is 6.69. The quantitative estimate of drug-likeness (QED) is 0.919. The van der Waals surface area contributed by atoms with Crippen LogP contribution in [-0.2, 0) is 11.3 Å². The van der Waals surface area contributed by atoms with Gasteiger partial charge in [0.05, 0.1) is 12.7 Å². The lowest BCUT2D eigenvalue weighted by Gasteiger charge is -2.40. The van der Waals surface area contributed by atoms with Gasteiger partial charge in [-0.2, -0.15) is 0 Å². The zero-order chi connectivity index (χ0) is 12.4. The number of hydrogen-bond donors (Lipinski definition) is 1. The number of hydrogen-bond acceptors (Lipinski definition) is 2. The molecule has 2 nitrogen and oxygen atoms in total. The predicted octanol–water partition coefficient (Wildman–Crippen LogP) is 3.44. The topological polar surface area (TPSA) is 21.3 Å². The van der Waals surface area contributed by atoms with E-state index in [1.165, 1.54) is 25.3 Å². The van der Waals surface area contributed by atoms with Gasteiger partial charge in [-0.3, -0.25) is 0 Å². The Labute approximate surface area is 120 Å². The van der Waals surface area contributed by atoms with Crippen LogP contribution in [0.3, 0.4) is 0 Å². The van der Waals surface area contributed by atoms with Gasteiger partial charge in [-0.25, -0.2) is 4.39 Å². The molecule has 3 rings (SSSR count). The summed E-state index contributed by atoms with van der Waals surface area (Å²) in [6.45, 7) is 0.400. The maximum atomic E-state index is 13.5. The molecule has 4 heteroatoms. The van der Waals surface area contributed by atoms with Crippen molar-refractivity contribution in [1.82, 2.24) is 5.32 Å². The van der Waals surface area contributed by atoms with Crippen molar-refractivity contribution >= 4 is 12.4 Å². The molecule has 106 valence electrons. The van der Waals surface area contributed by atoms with Crippen LogP contribution in [-0.4, -0.2) is 18.2 Å². The van der Waals surface area contributed by atoms with Crippen molar-refractivity contribution in [2.45, 2.75) is 56.9 Å². The molecule has 1 aromatic carbocycles. The van der Waals surface area contributed by atoms with Gasteiger partial charge in [-0.15, -0.1) is 12.4 Å². The second-order valence-electron chi connectivity index (χ2n) is 5.49. The predicted molar refractivity (Wildman–Crippen MR) is 76.0 cm³/mol. The van der Waals surface area contributed by atoms with Gasteiger partial charge in [-0.1, -0.05) is 24.6 Å². The summed E-state index contributed by atoms with van der Waals surface area (Å²) in [6, 6.07) is 8.10. The van der Waals surface area contributed by atoms with E-state index in [-0.39, 0.29) is 18.2 Å². The molecule has 0 unspecified atom stereocenters. The van der Waals surface area contributed by atoms with Crippen LogP contribution < -0.4 is 5.32 Å². The van der Waals surface area contributed by atoms with Gasteiger partial charge in [0.25, 0.3) is 0 Å². The van der Waals surface area contributed by atoms with Gasteiger partial charge in [0.2, 0.25) is 0 Å². The molecular formula is C15H21ClFNO. The summed E-state index contributed by atoms with van der Waals surface area (Å²) < 4.78 is 19.4. The van der Waals surface area contributed by atoms with Gasteiger partial charge >= 0.3 is 0 Å². The third kappa shape index (κ3) is 3.68. The molecule has 0 radical (unpaired) electrons. The van der Waals surface area contributed by atoms with Crippen LogP contribution in [0, 0.1) is 5.82 Å². The summed E-state index contributed by atoms with van der Waals surface area (Å²) in [7, 11) is 0. The minimum absolute atomic E-state index is 0. The van der Waals surface area contributed by atoms with E-state index in [1.54, 1.807) is 12.1 Å². The van der Waals surface area contributed by atoms with E-state index in [0.717, 1.165) is 12.8 Å². The molecule has 2 aliphatic rings. The SMILES string of the molecule is Cl.Fc1ccccc1CO[C@H]1C[C@H]2CCC[C@@H](C1)N2. The zero-order valence-electron chi connectivity index (χ0n) is 11.0. The Hall–Kier alpha value is -0.640. The van der Waals surface area contributed by atoms with Crippen molar-refractivity contribution in [3.63, 3.8) is 0 Å². The summed E-state index contributed by atoms with van der Waals surface area (Å²) >= 11 is 0. The van der Waals surface area contributed by atoms with Crippen molar-refractivity contribution in [3.8, 4) is 0 Å². The standard InChI is InChI=1S/C15H20FNO.ClH/c16-15-7-2-1-4-11(15)10-18-14-8-12-5-3-6-13(9-14)17-12;/h1-2,4,7,12-14,17H,3,5-6,8-10H2;1H/t12-,13+,14+;. The summed E-state index contributed by atoms with van der Waals surface area (Å²) in [5.74, 6) is -0.161. The first-order chi connectivity index (χ1) is 8.81. The molecule has 19 heavy (non-hydrogen) atoms. The molecule has 1 aromatic rings. The number of ether oxygens (including phenoxy) is 1. The monoisotopic (exact) mass is 285 g/mol. The largest absolute Gasteiger partial charge is 0.373 e. The maximum absolute atomic E-state index is 13.5. The minimum Gasteiger partial charge on any atom is -0.373 e. The van der Waals surface area contributed by atoms with Gasteiger partial charge in [0.15, 0.2) is 0 Å². The summed E-state index contributed by atoms with van der Waals surface area (Å²) in [6.07, 6.45) is 6.30. The number of piperidine rings is 2. The molecule has 2 heterocycles. The Kier molecular flexibility index (Phi) is 5.20. The molecule has 0 amide bonds. The highest BCUT2D eigenvalue weighted by molar-refractivity contribution is 5.85. The van der Waals surface area contributed by atoms with Crippen LogP contribution in [0.2, 0.25) is 0 Å². The van der Waals surface area contributed by atoms with Gasteiger partial charge in [-0.05, 0) is 31.7 Å². The third-order valence-electron chi connectivity index (χ3n) is 4.10. The van der Waals surface area contributed by atoms with Gasteiger partial charge < -0.3 is 10.1 Å². The van der Waals surface area contributed by atoms with Crippen LogP contribution >= 0.6 is 12.4 Å². The first-order valence-corrected chi connectivity index (χ1v) is 6.92. The van der Waals surface area contributed by atoms with Crippen LogP contribution in [0.4, 0.5) is 4.39 Å². The van der Waals surface area contributed by atoms with E-state index in [4.69, 9.17) is 4.74 Å². The zero-order valence-corrected chi connectivity index (χ0v) is 11.8. The number of nitrogens with one attached hydrogen (secondary N) is 1. The van der Waals surface area contributed by atoms with Crippen LogP contribution in [0.15, 0.2) is 24.3 Å². The minimum atomic E-state index is -0.161. The molecule has 0 spiro atoms. The number of rotatable bonds is 3. The normalized spacial score (nSPS) is 29.6. The lowest BCUT2D eigenvalue weighted by Crippen LogP contribution is -2.50. The van der Waals surface area contributed by atoms with E-state index in [9.17, 15) is 4.39 Å². The highest BCUT2D eigenvalue weighted by Crippen LogP contribution is 2.28. The summed E-state index contributed by atoms with van der Waals surface area (Å²) in [4.78, 5) is 0. The summed E-state index contributed by atoms with van der Waals surface area (Å²) in [5, 5.41) is 3.64. The molecule has 0 saturated carbocycles. The fourth-order valence-electron chi connectivity index (χ4n) is 3.17. The second-order valence-corrected chi connectivity index (χ2v) is 5.49. The van der Waals surface area contributed by atoms with Gasteiger partial charge in [0, 0.05) is 17.6 Å². The Bertz CT molecular complexity index is 403.